The average molecular weight is 318 g/mol. The van der Waals surface area contributed by atoms with Crippen LogP contribution in [-0.2, 0) is 4.74 Å². The summed E-state index contributed by atoms with van der Waals surface area (Å²) in [6, 6.07) is 7.33. The summed E-state index contributed by atoms with van der Waals surface area (Å²) in [5, 5.41) is 0. The topological polar surface area (TPSA) is 46.5 Å². The van der Waals surface area contributed by atoms with Gasteiger partial charge in [0.2, 0.25) is 0 Å². The first-order chi connectivity index (χ1) is 10.3. The average Bonchev–Trinajstić information content (AvgIpc) is 2.46. The van der Waals surface area contributed by atoms with Crippen molar-refractivity contribution >= 4 is 25.8 Å². The van der Waals surface area contributed by atoms with Gasteiger partial charge in [0.1, 0.15) is 5.60 Å². The van der Waals surface area contributed by atoms with Crippen molar-refractivity contribution in [2.45, 2.75) is 40.2 Å². The molecule has 0 radical (unpaired) electrons. The van der Waals surface area contributed by atoms with E-state index in [1.165, 1.54) is 0 Å². The van der Waals surface area contributed by atoms with Crippen molar-refractivity contribution in [1.29, 1.82) is 0 Å². The lowest BCUT2D eigenvalue weighted by Gasteiger charge is -2.19. The van der Waals surface area contributed by atoms with Gasteiger partial charge in [-0.25, -0.2) is 4.79 Å². The number of hydrogen-bond donors (Lipinski definition) is 1. The molecular formula is C18H23O3P. The van der Waals surface area contributed by atoms with Crippen molar-refractivity contribution in [3.05, 3.63) is 53.1 Å². The summed E-state index contributed by atoms with van der Waals surface area (Å²) in [6.45, 7) is 9.49. The molecule has 1 aromatic rings. The van der Waals surface area contributed by atoms with E-state index in [1.807, 2.05) is 65.0 Å². The van der Waals surface area contributed by atoms with Crippen LogP contribution in [-0.4, -0.2) is 22.3 Å². The van der Waals surface area contributed by atoms with Gasteiger partial charge in [0, 0.05) is 0 Å². The van der Waals surface area contributed by atoms with Crippen LogP contribution < -0.4 is 0 Å². The first kappa shape index (κ1) is 18.3. The quantitative estimate of drug-likeness (QED) is 0.499. The van der Waals surface area contributed by atoms with Crippen molar-refractivity contribution in [1.82, 2.24) is 0 Å². The molecule has 0 bridgehead atoms. The van der Waals surface area contributed by atoms with Crippen LogP contribution in [0.2, 0.25) is 0 Å². The molecule has 3 nitrogen and oxygen atoms in total. The Morgan fingerprint density at radius 3 is 2.45 bits per heavy atom. The highest BCUT2D eigenvalue weighted by Gasteiger charge is 2.18. The van der Waals surface area contributed by atoms with Crippen LogP contribution in [0.15, 0.2) is 42.0 Å². The summed E-state index contributed by atoms with van der Waals surface area (Å²) in [5.41, 5.74) is 2.95. The van der Waals surface area contributed by atoms with Crippen molar-refractivity contribution in [2.75, 3.05) is 0 Å². The predicted octanol–water partition coefficient (Wildman–Crippen LogP) is 4.65. The summed E-state index contributed by atoms with van der Waals surface area (Å²) in [5.74, 6) is 1.32. The van der Waals surface area contributed by atoms with Crippen molar-refractivity contribution in [3.63, 3.8) is 0 Å². The third kappa shape index (κ3) is 5.59. The normalized spacial score (nSPS) is 13.5. The summed E-state index contributed by atoms with van der Waals surface area (Å²) in [4.78, 5) is 21.1. The number of ether oxygens (including phenoxy) is 1. The molecule has 0 saturated carbocycles. The second kappa shape index (κ2) is 8.07. The summed E-state index contributed by atoms with van der Waals surface area (Å²) >= 11 is 0. The molecule has 1 rings (SSSR count). The lowest BCUT2D eigenvalue weighted by atomic mass is 9.97. The number of benzene rings is 1. The monoisotopic (exact) mass is 318 g/mol. The molecule has 118 valence electrons. The predicted molar refractivity (Wildman–Crippen MR) is 94.2 cm³/mol. The van der Waals surface area contributed by atoms with Crippen LogP contribution in [0.1, 0.15) is 50.5 Å². The summed E-state index contributed by atoms with van der Waals surface area (Å²) in [7, 11) is 0.202. The Balaban J connectivity index is 3.21. The fraction of sp³-hybridized carbons (Fsp3) is 0.333. The Labute approximate surface area is 134 Å². The molecule has 0 heterocycles. The molecule has 0 saturated heterocycles. The molecule has 0 fully saturated rings. The van der Waals surface area contributed by atoms with E-state index in [-0.39, 0.29) is 14.4 Å². The van der Waals surface area contributed by atoms with Gasteiger partial charge in [-0.05, 0) is 75.3 Å². The van der Waals surface area contributed by atoms with Crippen LogP contribution in [0, 0.1) is 0 Å². The molecular weight excluding hydrogens is 295 g/mol. The van der Waals surface area contributed by atoms with Gasteiger partial charge in [-0.1, -0.05) is 18.2 Å². The second-order valence-corrected chi connectivity index (χ2v) is 6.43. The smallest absolute Gasteiger partial charge is 0.338 e. The number of carbonyl (C=O) groups is 1. The zero-order valence-corrected chi connectivity index (χ0v) is 14.6. The van der Waals surface area contributed by atoms with Crippen LogP contribution in [0.5, 0.6) is 0 Å². The van der Waals surface area contributed by atoms with Crippen LogP contribution in [0.3, 0.4) is 0 Å². The highest BCUT2D eigenvalue weighted by molar-refractivity contribution is 7.32. The Kier molecular flexibility index (Phi) is 6.73. The van der Waals surface area contributed by atoms with Crippen LogP contribution in [0.4, 0.5) is 0 Å². The van der Waals surface area contributed by atoms with Crippen molar-refractivity contribution < 1.29 is 14.4 Å². The van der Waals surface area contributed by atoms with E-state index in [0.29, 0.717) is 5.56 Å². The molecule has 0 amide bonds. The largest absolute Gasteiger partial charge is 0.456 e. The van der Waals surface area contributed by atoms with E-state index in [0.717, 1.165) is 16.7 Å². The zero-order valence-electron chi connectivity index (χ0n) is 13.8. The fourth-order valence-corrected chi connectivity index (χ4v) is 2.09. The molecule has 4 heteroatoms. The van der Waals surface area contributed by atoms with E-state index in [9.17, 15) is 4.79 Å². The maximum absolute atomic E-state index is 12.2. The summed E-state index contributed by atoms with van der Waals surface area (Å²) in [6.07, 6.45) is 3.85. The van der Waals surface area contributed by atoms with E-state index in [4.69, 9.17) is 9.63 Å². The third-order valence-electron chi connectivity index (χ3n) is 2.97. The van der Waals surface area contributed by atoms with E-state index in [1.54, 1.807) is 11.9 Å². The molecule has 1 aromatic carbocycles. The van der Waals surface area contributed by atoms with Gasteiger partial charge in [-0.3, -0.25) is 0 Å². The van der Waals surface area contributed by atoms with E-state index >= 15 is 0 Å². The first-order valence-corrected chi connectivity index (χ1v) is 8.05. The van der Waals surface area contributed by atoms with Gasteiger partial charge < -0.3 is 9.63 Å². The molecule has 22 heavy (non-hydrogen) atoms. The minimum atomic E-state index is -0.519. The van der Waals surface area contributed by atoms with Crippen LogP contribution >= 0.6 is 8.43 Å². The molecule has 0 atom stereocenters. The van der Waals surface area contributed by atoms with Gasteiger partial charge in [0.15, 0.2) is 0 Å². The van der Waals surface area contributed by atoms with E-state index in [2.05, 4.69) is 0 Å². The van der Waals surface area contributed by atoms with Gasteiger partial charge in [-0.2, -0.15) is 0 Å². The minimum Gasteiger partial charge on any atom is -0.456 e. The van der Waals surface area contributed by atoms with Gasteiger partial charge in [-0.15, -0.1) is 0 Å². The third-order valence-corrected chi connectivity index (χ3v) is 3.26. The number of rotatable bonds is 4. The first-order valence-electron chi connectivity index (χ1n) is 7.13. The van der Waals surface area contributed by atoms with Crippen LogP contribution in [0.25, 0.3) is 5.57 Å². The fourth-order valence-electron chi connectivity index (χ4n) is 1.87. The molecule has 0 aliphatic rings. The molecule has 0 aliphatic carbocycles. The van der Waals surface area contributed by atoms with Gasteiger partial charge in [0.25, 0.3) is 0 Å². The maximum Gasteiger partial charge on any atom is 0.338 e. The highest BCUT2D eigenvalue weighted by Crippen LogP contribution is 2.24. The molecule has 0 spiro atoms. The minimum absolute atomic E-state index is 0.202. The molecule has 0 aromatic heterocycles. The number of esters is 1. The molecule has 0 aliphatic heterocycles. The Bertz CT molecular complexity index is 619. The highest BCUT2D eigenvalue weighted by atomic mass is 31.1. The molecule has 0 unspecified atom stereocenters. The lowest BCUT2D eigenvalue weighted by molar-refractivity contribution is 0.00695. The van der Waals surface area contributed by atoms with E-state index < -0.39 is 5.60 Å². The Hall–Kier alpha value is -1.70. The van der Waals surface area contributed by atoms with Gasteiger partial charge >= 0.3 is 5.97 Å². The second-order valence-electron chi connectivity index (χ2n) is 5.90. The number of carbonyl (C=O) groups excluding carboxylic acids is 1. The Morgan fingerprint density at radius 1 is 1.27 bits per heavy atom. The number of allylic oxidation sites excluding steroid dienone is 4. The zero-order chi connectivity index (χ0) is 16.8. The Morgan fingerprint density at radius 2 is 1.91 bits per heavy atom. The standard InChI is InChI=1S/C18H23O3P/c1-6-13(2)16(10-11-22-20)14-8-7-9-15(12-14)17(19)21-18(3,4)5/h6-12,20H,1-5H3/b13-6-,16-10+. The van der Waals surface area contributed by atoms with Crippen molar-refractivity contribution in [3.8, 4) is 0 Å². The molecule has 1 N–H and O–H groups in total. The lowest BCUT2D eigenvalue weighted by Crippen LogP contribution is -2.23. The SMILES string of the molecule is C\C=C(C)/C(=C\C=P\O)c1cccc(C(=O)OC(C)(C)C)c1. The maximum atomic E-state index is 12.2. The van der Waals surface area contributed by atoms with Gasteiger partial charge in [0.05, 0.1) is 14.0 Å². The van der Waals surface area contributed by atoms with Crippen molar-refractivity contribution in [2.24, 2.45) is 0 Å². The number of hydrogen-bond acceptors (Lipinski definition) is 3. The summed E-state index contributed by atoms with van der Waals surface area (Å²) < 4.78 is 5.40.